The molecule has 0 spiro atoms. The van der Waals surface area contributed by atoms with Gasteiger partial charge in [0.1, 0.15) is 0 Å². The lowest BCUT2D eigenvalue weighted by molar-refractivity contribution is 0.128. The molecule has 0 nitrogen and oxygen atoms in total. The topological polar surface area (TPSA) is 0 Å². The summed E-state index contributed by atoms with van der Waals surface area (Å²) in [4.78, 5) is 0. The van der Waals surface area contributed by atoms with Crippen molar-refractivity contribution in [2.75, 3.05) is 0 Å². The summed E-state index contributed by atoms with van der Waals surface area (Å²) < 4.78 is 0. The van der Waals surface area contributed by atoms with Gasteiger partial charge in [-0.3, -0.25) is 0 Å². The minimum atomic E-state index is 0.530. The number of hydrogen-bond acceptors (Lipinski definition) is 0. The quantitative estimate of drug-likeness (QED) is 0.440. The van der Waals surface area contributed by atoms with Gasteiger partial charge in [-0.15, -0.1) is 0 Å². The van der Waals surface area contributed by atoms with Crippen molar-refractivity contribution in [1.82, 2.24) is 0 Å². The van der Waals surface area contributed by atoms with Gasteiger partial charge in [-0.2, -0.15) is 0 Å². The van der Waals surface area contributed by atoms with Crippen LogP contribution in [0.15, 0.2) is 12.2 Å². The monoisotopic (exact) mass is 222 g/mol. The van der Waals surface area contributed by atoms with Crippen molar-refractivity contribution in [3.8, 4) is 0 Å². The fourth-order valence-electron chi connectivity index (χ4n) is 3.54. The molecular formula is C16H30. The van der Waals surface area contributed by atoms with Crippen LogP contribution < -0.4 is 0 Å². The Balaban J connectivity index is 2.96. The van der Waals surface area contributed by atoms with Crippen LogP contribution in [0.4, 0.5) is 0 Å². The third kappa shape index (κ3) is 2.52. The second-order valence-corrected chi connectivity index (χ2v) is 6.20. The van der Waals surface area contributed by atoms with Gasteiger partial charge in [0.05, 0.1) is 0 Å². The molecule has 0 radical (unpaired) electrons. The van der Waals surface area contributed by atoms with Gasteiger partial charge in [-0.1, -0.05) is 46.8 Å². The minimum absolute atomic E-state index is 0.530. The van der Waals surface area contributed by atoms with E-state index in [0.29, 0.717) is 11.3 Å². The van der Waals surface area contributed by atoms with Crippen molar-refractivity contribution in [3.63, 3.8) is 0 Å². The Hall–Kier alpha value is -0.260. The van der Waals surface area contributed by atoms with E-state index in [-0.39, 0.29) is 0 Å². The molecular weight excluding hydrogens is 192 g/mol. The molecule has 94 valence electrons. The SMILES string of the molecule is C=C1CCC(C(C)C)CC(CC)(CC)C1C. The van der Waals surface area contributed by atoms with Crippen molar-refractivity contribution in [1.29, 1.82) is 0 Å². The maximum Gasteiger partial charge on any atom is -0.0178 e. The second-order valence-electron chi connectivity index (χ2n) is 6.20. The average Bonchev–Trinajstić information content (AvgIpc) is 2.39. The predicted molar refractivity (Wildman–Crippen MR) is 73.5 cm³/mol. The smallest absolute Gasteiger partial charge is 0.0178 e. The van der Waals surface area contributed by atoms with Gasteiger partial charge in [0, 0.05) is 0 Å². The molecule has 0 saturated heterocycles. The van der Waals surface area contributed by atoms with Crippen molar-refractivity contribution in [3.05, 3.63) is 12.2 Å². The number of rotatable bonds is 3. The lowest BCUT2D eigenvalue weighted by Crippen LogP contribution is -2.30. The summed E-state index contributed by atoms with van der Waals surface area (Å²) >= 11 is 0. The summed E-state index contributed by atoms with van der Waals surface area (Å²) in [7, 11) is 0. The maximum absolute atomic E-state index is 4.34. The average molecular weight is 222 g/mol. The summed E-state index contributed by atoms with van der Waals surface area (Å²) in [6, 6.07) is 0. The first-order valence-corrected chi connectivity index (χ1v) is 7.14. The molecule has 0 heteroatoms. The van der Waals surface area contributed by atoms with Crippen molar-refractivity contribution in [2.45, 2.75) is 66.7 Å². The lowest BCUT2D eigenvalue weighted by Gasteiger charge is -2.39. The van der Waals surface area contributed by atoms with E-state index >= 15 is 0 Å². The molecule has 1 aliphatic rings. The molecule has 0 aliphatic heterocycles. The first-order chi connectivity index (χ1) is 7.46. The van der Waals surface area contributed by atoms with Gasteiger partial charge in [0.15, 0.2) is 0 Å². The van der Waals surface area contributed by atoms with Crippen LogP contribution in [0.25, 0.3) is 0 Å². The van der Waals surface area contributed by atoms with Crippen LogP contribution in [-0.4, -0.2) is 0 Å². The van der Waals surface area contributed by atoms with Crippen LogP contribution in [0, 0.1) is 23.2 Å². The summed E-state index contributed by atoms with van der Waals surface area (Å²) in [6.07, 6.45) is 6.66. The molecule has 16 heavy (non-hydrogen) atoms. The molecule has 1 saturated carbocycles. The van der Waals surface area contributed by atoms with Crippen molar-refractivity contribution in [2.24, 2.45) is 23.2 Å². The maximum atomic E-state index is 4.34. The van der Waals surface area contributed by atoms with Gasteiger partial charge < -0.3 is 0 Å². The Morgan fingerprint density at radius 3 is 2.31 bits per heavy atom. The molecule has 0 bridgehead atoms. The van der Waals surface area contributed by atoms with Gasteiger partial charge in [0.25, 0.3) is 0 Å². The summed E-state index contributed by atoms with van der Waals surface area (Å²) in [5.41, 5.74) is 2.04. The zero-order valence-corrected chi connectivity index (χ0v) is 12.0. The standard InChI is InChI=1S/C16H30/c1-7-16(8-2)11-15(12(3)4)10-9-13(5)14(16)6/h12,14-15H,5,7-11H2,1-4,6H3. The molecule has 0 N–H and O–H groups in total. The Bertz CT molecular complexity index is 232. The van der Waals surface area contributed by atoms with Crippen molar-refractivity contribution < 1.29 is 0 Å². The molecule has 0 amide bonds. The Morgan fingerprint density at radius 1 is 1.31 bits per heavy atom. The van der Waals surface area contributed by atoms with Gasteiger partial charge in [0.2, 0.25) is 0 Å². The second kappa shape index (κ2) is 5.38. The third-order valence-corrected chi connectivity index (χ3v) is 5.39. The first-order valence-electron chi connectivity index (χ1n) is 7.14. The largest absolute Gasteiger partial charge is 0.0996 e. The molecule has 2 unspecified atom stereocenters. The third-order valence-electron chi connectivity index (χ3n) is 5.39. The van der Waals surface area contributed by atoms with E-state index in [4.69, 9.17) is 0 Å². The fourth-order valence-corrected chi connectivity index (χ4v) is 3.54. The van der Waals surface area contributed by atoms with Crippen LogP contribution in [0.5, 0.6) is 0 Å². The zero-order chi connectivity index (χ0) is 12.3. The van der Waals surface area contributed by atoms with Crippen molar-refractivity contribution >= 4 is 0 Å². The normalized spacial score (nSPS) is 30.5. The molecule has 0 aromatic rings. The highest BCUT2D eigenvalue weighted by Gasteiger charge is 2.39. The number of hydrogen-bond donors (Lipinski definition) is 0. The van der Waals surface area contributed by atoms with Crippen LogP contribution >= 0.6 is 0 Å². The van der Waals surface area contributed by atoms with Gasteiger partial charge in [-0.25, -0.2) is 0 Å². The summed E-state index contributed by atoms with van der Waals surface area (Å²) in [5.74, 6) is 2.45. The van der Waals surface area contributed by atoms with E-state index in [0.717, 1.165) is 11.8 Å². The fraction of sp³-hybridized carbons (Fsp3) is 0.875. The van der Waals surface area contributed by atoms with Crippen LogP contribution in [0.1, 0.15) is 66.7 Å². The highest BCUT2D eigenvalue weighted by atomic mass is 14.4. The lowest BCUT2D eigenvalue weighted by atomic mass is 9.65. The first kappa shape index (κ1) is 13.8. The zero-order valence-electron chi connectivity index (χ0n) is 12.0. The number of allylic oxidation sites excluding steroid dienone is 1. The Kier molecular flexibility index (Phi) is 4.64. The molecule has 1 rings (SSSR count). The molecule has 0 heterocycles. The molecule has 1 aliphatic carbocycles. The van der Waals surface area contributed by atoms with E-state index in [1.165, 1.54) is 37.7 Å². The molecule has 2 atom stereocenters. The molecule has 0 aromatic carbocycles. The predicted octanol–water partition coefficient (Wildman–Crippen LogP) is 5.44. The van der Waals surface area contributed by atoms with E-state index in [9.17, 15) is 0 Å². The Morgan fingerprint density at radius 2 is 1.88 bits per heavy atom. The Labute approximate surface area is 103 Å². The van der Waals surface area contributed by atoms with E-state index in [2.05, 4.69) is 41.2 Å². The minimum Gasteiger partial charge on any atom is -0.0996 e. The highest BCUT2D eigenvalue weighted by molar-refractivity contribution is 5.08. The molecule has 1 fully saturated rings. The summed E-state index contributed by atoms with van der Waals surface area (Å²) in [6.45, 7) is 16.3. The van der Waals surface area contributed by atoms with E-state index < -0.39 is 0 Å². The van der Waals surface area contributed by atoms with Crippen LogP contribution in [0.3, 0.4) is 0 Å². The highest BCUT2D eigenvalue weighted by Crippen LogP contribution is 2.49. The van der Waals surface area contributed by atoms with Gasteiger partial charge in [-0.05, 0) is 55.3 Å². The summed E-state index contributed by atoms with van der Waals surface area (Å²) in [5, 5.41) is 0. The van der Waals surface area contributed by atoms with Crippen LogP contribution in [-0.2, 0) is 0 Å². The molecule has 0 aromatic heterocycles. The van der Waals surface area contributed by atoms with Crippen LogP contribution in [0.2, 0.25) is 0 Å². The van der Waals surface area contributed by atoms with E-state index in [1.54, 1.807) is 0 Å². The van der Waals surface area contributed by atoms with Gasteiger partial charge >= 0.3 is 0 Å². The van der Waals surface area contributed by atoms with E-state index in [1.807, 2.05) is 0 Å².